The highest BCUT2D eigenvalue weighted by molar-refractivity contribution is 7.80. The minimum absolute atomic E-state index is 0.291. The summed E-state index contributed by atoms with van der Waals surface area (Å²) < 4.78 is 1.75. The Balaban J connectivity index is 1.77. The Labute approximate surface area is 153 Å². The molecule has 0 fully saturated rings. The second kappa shape index (κ2) is 9.58. The van der Waals surface area contributed by atoms with Gasteiger partial charge in [0.05, 0.1) is 11.9 Å². The molecule has 7 heteroatoms. The van der Waals surface area contributed by atoms with E-state index < -0.39 is 0 Å². The molecule has 1 heterocycles. The van der Waals surface area contributed by atoms with Crippen LogP contribution in [0.3, 0.4) is 0 Å². The summed E-state index contributed by atoms with van der Waals surface area (Å²) in [6, 6.07) is 9.77. The topological polar surface area (TPSA) is 71.0 Å². The lowest BCUT2D eigenvalue weighted by Gasteiger charge is -2.11. The van der Waals surface area contributed by atoms with Crippen molar-refractivity contribution in [3.8, 4) is 5.69 Å². The van der Waals surface area contributed by atoms with Crippen molar-refractivity contribution in [1.82, 2.24) is 25.9 Å². The zero-order valence-electron chi connectivity index (χ0n) is 14.4. The van der Waals surface area contributed by atoms with Crippen molar-refractivity contribution in [1.29, 1.82) is 0 Å². The fraction of sp³-hybridized carbons (Fsp3) is 0.278. The number of amides is 1. The summed E-state index contributed by atoms with van der Waals surface area (Å²) in [5.74, 6) is 0.310. The number of rotatable bonds is 6. The normalized spacial score (nSPS) is 10.8. The van der Waals surface area contributed by atoms with E-state index >= 15 is 0 Å². The van der Waals surface area contributed by atoms with E-state index in [2.05, 4.69) is 35.1 Å². The maximum absolute atomic E-state index is 11.8. The Hall–Kier alpha value is -2.67. The average Bonchev–Trinajstić information content (AvgIpc) is 3.07. The summed E-state index contributed by atoms with van der Waals surface area (Å²) in [6.45, 7) is 5.06. The van der Waals surface area contributed by atoms with Gasteiger partial charge in [0.1, 0.15) is 0 Å². The largest absolute Gasteiger partial charge is 0.361 e. The van der Waals surface area contributed by atoms with Crippen LogP contribution in [0.2, 0.25) is 0 Å². The van der Waals surface area contributed by atoms with Gasteiger partial charge in [-0.25, -0.2) is 4.68 Å². The van der Waals surface area contributed by atoms with Crippen molar-refractivity contribution in [3.05, 3.63) is 54.4 Å². The maximum Gasteiger partial charge on any atom is 0.262 e. The van der Waals surface area contributed by atoms with Crippen LogP contribution in [0.4, 0.5) is 0 Å². The predicted octanol–water partition coefficient (Wildman–Crippen LogP) is 2.43. The standard InChI is InChI=1S/C18H23N5OS/c1-14(2)10-11-19-18(25)22-21-17(24)9-8-15-12-20-23(13-15)16-6-4-3-5-7-16/h3-9,12-14H,10-11H2,1-2H3,(H,21,24)(H2,19,22,25)/b9-8+. The van der Waals surface area contributed by atoms with E-state index in [9.17, 15) is 4.79 Å². The van der Waals surface area contributed by atoms with Crippen LogP contribution in [0, 0.1) is 5.92 Å². The van der Waals surface area contributed by atoms with Gasteiger partial charge in [-0.1, -0.05) is 32.0 Å². The first kappa shape index (κ1) is 18.7. The first-order valence-corrected chi connectivity index (χ1v) is 8.57. The lowest BCUT2D eigenvalue weighted by Crippen LogP contribution is -2.46. The Morgan fingerprint density at radius 2 is 2.04 bits per heavy atom. The third-order valence-electron chi connectivity index (χ3n) is 3.36. The molecule has 1 amide bonds. The number of carbonyl (C=O) groups excluding carboxylic acids is 1. The Kier molecular flexibility index (Phi) is 7.16. The summed E-state index contributed by atoms with van der Waals surface area (Å²) in [5.41, 5.74) is 6.99. The lowest BCUT2D eigenvalue weighted by atomic mass is 10.1. The number of hydrogen-bond acceptors (Lipinski definition) is 3. The molecule has 0 saturated carbocycles. The molecule has 2 aromatic rings. The second-order valence-electron chi connectivity index (χ2n) is 5.94. The zero-order chi connectivity index (χ0) is 18.1. The van der Waals surface area contributed by atoms with Gasteiger partial charge in [0.25, 0.3) is 5.91 Å². The van der Waals surface area contributed by atoms with Crippen LogP contribution in [-0.4, -0.2) is 27.3 Å². The number of thiocarbonyl (C=S) groups is 1. The van der Waals surface area contributed by atoms with Crippen LogP contribution in [0.25, 0.3) is 11.8 Å². The highest BCUT2D eigenvalue weighted by atomic mass is 32.1. The van der Waals surface area contributed by atoms with Crippen molar-refractivity contribution in [2.45, 2.75) is 20.3 Å². The van der Waals surface area contributed by atoms with E-state index in [0.29, 0.717) is 11.0 Å². The smallest absolute Gasteiger partial charge is 0.262 e. The molecule has 25 heavy (non-hydrogen) atoms. The van der Waals surface area contributed by atoms with Crippen LogP contribution in [0.15, 0.2) is 48.8 Å². The number of para-hydroxylation sites is 1. The minimum atomic E-state index is -0.291. The average molecular weight is 357 g/mol. The van der Waals surface area contributed by atoms with Gasteiger partial charge in [-0.3, -0.25) is 15.6 Å². The lowest BCUT2D eigenvalue weighted by molar-refractivity contribution is -0.116. The summed E-state index contributed by atoms with van der Waals surface area (Å²) in [6.07, 6.45) is 7.68. The number of benzene rings is 1. The fourth-order valence-electron chi connectivity index (χ4n) is 2.00. The monoisotopic (exact) mass is 357 g/mol. The number of hydrogen-bond donors (Lipinski definition) is 3. The Morgan fingerprint density at radius 1 is 1.28 bits per heavy atom. The first-order valence-electron chi connectivity index (χ1n) is 8.16. The molecule has 6 nitrogen and oxygen atoms in total. The summed E-state index contributed by atoms with van der Waals surface area (Å²) in [4.78, 5) is 11.8. The van der Waals surface area contributed by atoms with Crippen LogP contribution < -0.4 is 16.2 Å². The molecule has 0 atom stereocenters. The first-order chi connectivity index (χ1) is 12.0. The molecular weight excluding hydrogens is 334 g/mol. The van der Waals surface area contributed by atoms with E-state index in [1.165, 1.54) is 6.08 Å². The number of nitrogens with zero attached hydrogens (tertiary/aromatic N) is 2. The molecule has 0 aliphatic heterocycles. The molecular formula is C18H23N5OS. The number of carbonyl (C=O) groups is 1. The van der Waals surface area contributed by atoms with Crippen LogP contribution in [0.1, 0.15) is 25.8 Å². The predicted molar refractivity (Wildman–Crippen MR) is 104 cm³/mol. The fourth-order valence-corrected chi connectivity index (χ4v) is 2.15. The molecule has 0 radical (unpaired) electrons. The highest BCUT2D eigenvalue weighted by Crippen LogP contribution is 2.08. The van der Waals surface area contributed by atoms with E-state index in [1.807, 2.05) is 36.5 Å². The van der Waals surface area contributed by atoms with E-state index in [4.69, 9.17) is 12.2 Å². The number of nitrogens with one attached hydrogen (secondary N) is 3. The highest BCUT2D eigenvalue weighted by Gasteiger charge is 2.01. The van der Waals surface area contributed by atoms with Gasteiger partial charge in [0.15, 0.2) is 5.11 Å². The van der Waals surface area contributed by atoms with Crippen molar-refractivity contribution < 1.29 is 4.79 Å². The van der Waals surface area contributed by atoms with Gasteiger partial charge in [-0.15, -0.1) is 0 Å². The Morgan fingerprint density at radius 3 is 2.76 bits per heavy atom. The van der Waals surface area contributed by atoms with Gasteiger partial charge in [-0.2, -0.15) is 5.10 Å². The zero-order valence-corrected chi connectivity index (χ0v) is 15.2. The molecule has 3 N–H and O–H groups in total. The SMILES string of the molecule is CC(C)CCNC(=S)NNC(=O)/C=C/c1cnn(-c2ccccc2)c1. The second-order valence-corrected chi connectivity index (χ2v) is 6.35. The van der Waals surface area contributed by atoms with Gasteiger partial charge >= 0.3 is 0 Å². The molecule has 0 saturated heterocycles. The quantitative estimate of drug-likeness (QED) is 0.421. The van der Waals surface area contributed by atoms with Crippen LogP contribution >= 0.6 is 12.2 Å². The molecule has 0 aliphatic rings. The minimum Gasteiger partial charge on any atom is -0.361 e. The molecule has 0 bridgehead atoms. The molecule has 1 aromatic heterocycles. The van der Waals surface area contributed by atoms with Crippen molar-refractivity contribution in [3.63, 3.8) is 0 Å². The molecule has 1 aromatic carbocycles. The molecule has 132 valence electrons. The third kappa shape index (κ3) is 6.76. The summed E-state index contributed by atoms with van der Waals surface area (Å²) in [5, 5.41) is 7.71. The molecule has 0 aliphatic carbocycles. The Bertz CT molecular complexity index is 724. The van der Waals surface area contributed by atoms with Crippen LogP contribution in [0.5, 0.6) is 0 Å². The number of aromatic nitrogens is 2. The summed E-state index contributed by atoms with van der Waals surface area (Å²) >= 11 is 5.09. The van der Waals surface area contributed by atoms with Gasteiger partial charge < -0.3 is 5.32 Å². The van der Waals surface area contributed by atoms with Crippen LogP contribution in [-0.2, 0) is 4.79 Å². The van der Waals surface area contributed by atoms with E-state index in [0.717, 1.165) is 24.2 Å². The van der Waals surface area contributed by atoms with Gasteiger partial charge in [0.2, 0.25) is 0 Å². The van der Waals surface area contributed by atoms with Crippen molar-refractivity contribution >= 4 is 29.3 Å². The summed E-state index contributed by atoms with van der Waals surface area (Å²) in [7, 11) is 0. The third-order valence-corrected chi connectivity index (χ3v) is 3.60. The van der Waals surface area contributed by atoms with E-state index in [-0.39, 0.29) is 5.91 Å². The van der Waals surface area contributed by atoms with Crippen molar-refractivity contribution in [2.75, 3.05) is 6.54 Å². The van der Waals surface area contributed by atoms with Gasteiger partial charge in [0, 0.05) is 24.4 Å². The number of hydrazine groups is 1. The van der Waals surface area contributed by atoms with E-state index in [1.54, 1.807) is 17.0 Å². The molecule has 0 unspecified atom stereocenters. The van der Waals surface area contributed by atoms with Crippen molar-refractivity contribution in [2.24, 2.45) is 5.92 Å². The van der Waals surface area contributed by atoms with Gasteiger partial charge in [-0.05, 0) is 42.8 Å². The maximum atomic E-state index is 11.8. The molecule has 2 rings (SSSR count). The molecule has 0 spiro atoms.